The van der Waals surface area contributed by atoms with Crippen LogP contribution in [-0.2, 0) is 36.7 Å². The summed E-state index contributed by atoms with van der Waals surface area (Å²) in [5, 5.41) is 12.7. The first-order valence-corrected chi connectivity index (χ1v) is 9.29. The summed E-state index contributed by atoms with van der Waals surface area (Å²) in [5.74, 6) is 0. The van der Waals surface area contributed by atoms with Crippen molar-refractivity contribution in [2.24, 2.45) is 0 Å². The molecule has 0 fully saturated rings. The molecule has 3 rings (SSSR count). The number of fused-ring (bicyclic) bond motifs is 1. The number of aliphatic hydroxyl groups excluding tert-OH is 1. The zero-order valence-corrected chi connectivity index (χ0v) is 14.3. The van der Waals surface area contributed by atoms with Gasteiger partial charge in [0.2, 0.25) is 0 Å². The van der Waals surface area contributed by atoms with Gasteiger partial charge in [0.1, 0.15) is 0 Å². The topological polar surface area (TPSA) is 67.2 Å². The molecular weight excluding hydrogens is 355 g/mol. The average molecular weight is 373 g/mol. The molecule has 0 spiro atoms. The quantitative estimate of drug-likeness (QED) is 0.845. The zero-order valence-electron chi connectivity index (χ0n) is 13.5. The summed E-state index contributed by atoms with van der Waals surface area (Å²) in [5.41, 5.74) is 1.73. The van der Waals surface area contributed by atoms with Crippen molar-refractivity contribution in [1.82, 2.24) is 14.5 Å². The number of nitrogens with zero attached hydrogens (tertiary/aromatic N) is 2. The largest absolute Gasteiger partial charge is 0.435 e. The highest BCUT2D eigenvalue weighted by atomic mass is 32.2. The van der Waals surface area contributed by atoms with Gasteiger partial charge in [-0.1, -0.05) is 18.2 Å². The van der Waals surface area contributed by atoms with Crippen molar-refractivity contribution in [2.75, 3.05) is 6.26 Å². The Bertz CT molecular complexity index is 804. The van der Waals surface area contributed by atoms with Crippen LogP contribution in [0.3, 0.4) is 0 Å². The molecule has 0 radical (unpaired) electrons. The van der Waals surface area contributed by atoms with E-state index in [1.165, 1.54) is 10.9 Å². The lowest BCUT2D eigenvalue weighted by molar-refractivity contribution is -0.142. The number of hydrogen-bond donors (Lipinski definition) is 2. The number of alkyl halides is 3. The van der Waals surface area contributed by atoms with Crippen molar-refractivity contribution >= 4 is 11.0 Å². The number of aliphatic hydroxyl groups is 1. The number of hydrogen-bond acceptors (Lipinski definition) is 3. The number of benzene rings is 1. The van der Waals surface area contributed by atoms with Crippen LogP contribution < -0.4 is 4.72 Å². The van der Waals surface area contributed by atoms with Crippen molar-refractivity contribution < 1.29 is 22.5 Å². The minimum Gasteiger partial charge on any atom is -0.392 e. The van der Waals surface area contributed by atoms with E-state index < -0.39 is 29.5 Å². The highest BCUT2D eigenvalue weighted by molar-refractivity contribution is 7.82. The van der Waals surface area contributed by atoms with Crippen molar-refractivity contribution in [3.05, 3.63) is 52.3 Å². The van der Waals surface area contributed by atoms with E-state index in [-0.39, 0.29) is 18.2 Å². The van der Waals surface area contributed by atoms with E-state index in [2.05, 4.69) is 9.82 Å². The van der Waals surface area contributed by atoms with Crippen LogP contribution in [0.5, 0.6) is 0 Å². The normalized spacial score (nSPS) is 18.4. The Kier molecular flexibility index (Phi) is 4.99. The van der Waals surface area contributed by atoms with E-state index in [4.69, 9.17) is 5.11 Å². The summed E-state index contributed by atoms with van der Waals surface area (Å²) in [4.78, 5) is 0. The Morgan fingerprint density at radius 1 is 1.44 bits per heavy atom. The third-order valence-electron chi connectivity index (χ3n) is 4.21. The first-order chi connectivity index (χ1) is 11.8. The predicted molar refractivity (Wildman–Crippen MR) is 87.0 cm³/mol. The molecule has 1 aromatic heterocycles. The molecule has 0 amide bonds. The molecule has 5 nitrogen and oxygen atoms in total. The monoisotopic (exact) mass is 373 g/mol. The SMILES string of the molecule is CS(=O)NC1CCc2cc(Cn3cc(CO)c(C(F)(F)F)n3)ccc21. The van der Waals surface area contributed by atoms with Gasteiger partial charge in [-0.05, 0) is 29.5 Å². The van der Waals surface area contributed by atoms with Gasteiger partial charge in [-0.25, -0.2) is 8.93 Å². The van der Waals surface area contributed by atoms with Crippen molar-refractivity contribution in [1.29, 1.82) is 0 Å². The van der Waals surface area contributed by atoms with Gasteiger partial charge in [-0.2, -0.15) is 18.3 Å². The second-order valence-electron chi connectivity index (χ2n) is 6.05. The summed E-state index contributed by atoms with van der Waals surface area (Å²) in [7, 11) is -1.10. The molecule has 1 aliphatic carbocycles. The Morgan fingerprint density at radius 3 is 2.80 bits per heavy atom. The summed E-state index contributed by atoms with van der Waals surface area (Å²) in [6.07, 6.45) is -0.114. The molecule has 1 heterocycles. The maximum absolute atomic E-state index is 12.9. The molecule has 1 aromatic carbocycles. The van der Waals surface area contributed by atoms with Crippen LogP contribution in [0.2, 0.25) is 0 Å². The molecule has 2 atom stereocenters. The van der Waals surface area contributed by atoms with Gasteiger partial charge in [-0.3, -0.25) is 4.68 Å². The Hall–Kier alpha value is -1.71. The van der Waals surface area contributed by atoms with Crippen LogP contribution in [0.25, 0.3) is 0 Å². The third kappa shape index (κ3) is 3.94. The first kappa shape index (κ1) is 18.1. The lowest BCUT2D eigenvalue weighted by Crippen LogP contribution is -2.20. The molecule has 136 valence electrons. The number of aryl methyl sites for hydroxylation is 1. The Morgan fingerprint density at radius 2 is 2.20 bits per heavy atom. The Labute approximate surface area is 145 Å². The summed E-state index contributed by atoms with van der Waals surface area (Å²) < 4.78 is 54.2. The van der Waals surface area contributed by atoms with E-state index in [1.54, 1.807) is 6.26 Å². The van der Waals surface area contributed by atoms with Crippen LogP contribution in [0.15, 0.2) is 24.4 Å². The van der Waals surface area contributed by atoms with Gasteiger partial charge < -0.3 is 5.11 Å². The molecule has 0 bridgehead atoms. The Balaban J connectivity index is 1.81. The van der Waals surface area contributed by atoms with E-state index >= 15 is 0 Å². The predicted octanol–water partition coefficient (Wildman–Crippen LogP) is 2.31. The van der Waals surface area contributed by atoms with Crippen LogP contribution in [-0.4, -0.2) is 25.4 Å². The fourth-order valence-corrected chi connectivity index (χ4v) is 3.82. The first-order valence-electron chi connectivity index (χ1n) is 7.73. The summed E-state index contributed by atoms with van der Waals surface area (Å²) in [6, 6.07) is 5.75. The molecular formula is C16H18F3N3O2S. The van der Waals surface area contributed by atoms with Crippen LogP contribution >= 0.6 is 0 Å². The summed E-state index contributed by atoms with van der Waals surface area (Å²) >= 11 is 0. The molecule has 1 aliphatic rings. The van der Waals surface area contributed by atoms with Crippen LogP contribution in [0.4, 0.5) is 13.2 Å². The van der Waals surface area contributed by atoms with Gasteiger partial charge in [0, 0.05) is 24.1 Å². The molecule has 25 heavy (non-hydrogen) atoms. The number of nitrogens with one attached hydrogen (secondary N) is 1. The maximum Gasteiger partial charge on any atom is 0.435 e. The highest BCUT2D eigenvalue weighted by Crippen LogP contribution is 2.33. The number of halogens is 3. The van der Waals surface area contributed by atoms with Gasteiger partial charge >= 0.3 is 6.18 Å². The lowest BCUT2D eigenvalue weighted by atomic mass is 10.1. The van der Waals surface area contributed by atoms with Gasteiger partial charge in [-0.15, -0.1) is 0 Å². The smallest absolute Gasteiger partial charge is 0.392 e. The standard InChI is InChI=1S/C16H18F3N3O2S/c1-25(24)21-14-5-3-11-6-10(2-4-13(11)14)7-22-8-12(9-23)15(20-22)16(17,18)19/h2,4,6,8,14,21,23H,3,5,7,9H2,1H3. The minimum atomic E-state index is -4.59. The van der Waals surface area contributed by atoms with Crippen molar-refractivity contribution in [3.8, 4) is 0 Å². The third-order valence-corrected chi connectivity index (χ3v) is 4.83. The van der Waals surface area contributed by atoms with E-state index in [1.807, 2.05) is 18.2 Å². The van der Waals surface area contributed by atoms with E-state index in [9.17, 15) is 17.4 Å². The van der Waals surface area contributed by atoms with E-state index in [0.717, 1.165) is 29.5 Å². The molecule has 0 aliphatic heterocycles. The molecule has 2 aromatic rings. The average Bonchev–Trinajstić information content (AvgIpc) is 3.10. The molecule has 0 saturated carbocycles. The fraction of sp³-hybridized carbons (Fsp3) is 0.438. The van der Waals surface area contributed by atoms with Crippen molar-refractivity contribution in [2.45, 2.75) is 38.2 Å². The van der Waals surface area contributed by atoms with Gasteiger partial charge in [0.15, 0.2) is 5.69 Å². The zero-order chi connectivity index (χ0) is 18.2. The number of rotatable bonds is 5. The van der Waals surface area contributed by atoms with Crippen LogP contribution in [0, 0.1) is 0 Å². The van der Waals surface area contributed by atoms with E-state index in [0.29, 0.717) is 0 Å². The molecule has 9 heteroatoms. The lowest BCUT2D eigenvalue weighted by Gasteiger charge is -2.12. The van der Waals surface area contributed by atoms with Crippen LogP contribution in [0.1, 0.15) is 40.4 Å². The fourth-order valence-electron chi connectivity index (χ4n) is 3.18. The molecule has 2 N–H and O–H groups in total. The van der Waals surface area contributed by atoms with Gasteiger partial charge in [0.25, 0.3) is 0 Å². The second kappa shape index (κ2) is 6.89. The maximum atomic E-state index is 12.9. The van der Waals surface area contributed by atoms with Gasteiger partial charge in [0.05, 0.1) is 24.1 Å². The number of aromatic nitrogens is 2. The minimum absolute atomic E-state index is 0.0393. The highest BCUT2D eigenvalue weighted by Gasteiger charge is 2.37. The second-order valence-corrected chi connectivity index (χ2v) is 7.20. The molecule has 0 saturated heterocycles. The molecule has 2 unspecified atom stereocenters. The summed E-state index contributed by atoms with van der Waals surface area (Å²) in [6.45, 7) is -0.519. The van der Waals surface area contributed by atoms with Crippen molar-refractivity contribution in [3.63, 3.8) is 0 Å².